The fourth-order valence-corrected chi connectivity index (χ4v) is 3.78. The van der Waals surface area contributed by atoms with Gasteiger partial charge in [0.25, 0.3) is 0 Å². The Hall–Kier alpha value is -3.16. The quantitative estimate of drug-likeness (QED) is 0.858. The van der Waals surface area contributed by atoms with Crippen molar-refractivity contribution in [2.24, 2.45) is 0 Å². The topological polar surface area (TPSA) is 117 Å². The average Bonchev–Trinajstić information content (AvgIpc) is 3.01. The Morgan fingerprint density at radius 3 is 2.15 bits per heavy atom. The number of aliphatic carboxylic acids is 2. The fourth-order valence-electron chi connectivity index (χ4n) is 3.78. The van der Waals surface area contributed by atoms with Crippen LogP contribution in [0.4, 0.5) is 0 Å². The first-order valence-corrected chi connectivity index (χ1v) is 8.14. The van der Waals surface area contributed by atoms with E-state index in [0.717, 1.165) is 0 Å². The highest BCUT2D eigenvalue weighted by Crippen LogP contribution is 2.44. The largest absolute Gasteiger partial charge is 0.478 e. The van der Waals surface area contributed by atoms with Crippen LogP contribution in [-0.2, 0) is 9.59 Å². The van der Waals surface area contributed by atoms with Gasteiger partial charge >= 0.3 is 11.9 Å². The van der Waals surface area contributed by atoms with E-state index in [0.29, 0.717) is 28.0 Å². The minimum atomic E-state index is -1.17. The summed E-state index contributed by atoms with van der Waals surface area (Å²) in [7, 11) is 0. The maximum Gasteiger partial charge on any atom is 0.334 e. The molecular formula is C18H19N3O5. The van der Waals surface area contributed by atoms with Crippen LogP contribution in [0.1, 0.15) is 39.2 Å². The zero-order valence-corrected chi connectivity index (χ0v) is 14.8. The number of rotatable bonds is 4. The van der Waals surface area contributed by atoms with Crippen LogP contribution in [0.5, 0.6) is 0 Å². The summed E-state index contributed by atoms with van der Waals surface area (Å²) in [6, 6.07) is 4.92. The minimum Gasteiger partial charge on any atom is -0.478 e. The molecule has 0 atom stereocenters. The number of benzene rings is 1. The van der Waals surface area contributed by atoms with E-state index in [1.54, 1.807) is 36.9 Å². The second kappa shape index (κ2) is 6.29. The van der Waals surface area contributed by atoms with Gasteiger partial charge in [-0.2, -0.15) is 0 Å². The average molecular weight is 357 g/mol. The lowest BCUT2D eigenvalue weighted by Crippen LogP contribution is -2.37. The van der Waals surface area contributed by atoms with Crippen LogP contribution in [0.3, 0.4) is 0 Å². The molecule has 0 amide bonds. The van der Waals surface area contributed by atoms with Crippen molar-refractivity contribution in [3.63, 3.8) is 0 Å². The molecule has 8 nitrogen and oxygen atoms in total. The second-order valence-corrected chi connectivity index (χ2v) is 6.48. The summed E-state index contributed by atoms with van der Waals surface area (Å²) >= 11 is 0. The molecule has 0 bridgehead atoms. The molecule has 2 N–H and O–H groups in total. The predicted molar refractivity (Wildman–Crippen MR) is 92.2 cm³/mol. The maximum absolute atomic E-state index is 12.1. The maximum atomic E-state index is 12.1. The van der Waals surface area contributed by atoms with E-state index in [4.69, 9.17) is 4.63 Å². The molecule has 8 heteroatoms. The van der Waals surface area contributed by atoms with E-state index in [2.05, 4.69) is 10.3 Å². The number of hydrogen-bond acceptors (Lipinski definition) is 6. The summed E-state index contributed by atoms with van der Waals surface area (Å²) in [6.45, 7) is 7.16. The van der Waals surface area contributed by atoms with Crippen LogP contribution in [0, 0.1) is 0 Å². The summed E-state index contributed by atoms with van der Waals surface area (Å²) in [6.07, 6.45) is 0. The van der Waals surface area contributed by atoms with E-state index >= 15 is 0 Å². The summed E-state index contributed by atoms with van der Waals surface area (Å²) < 4.78 is 4.76. The van der Waals surface area contributed by atoms with Gasteiger partial charge in [-0.1, -0.05) is 12.1 Å². The van der Waals surface area contributed by atoms with Crippen molar-refractivity contribution in [3.05, 3.63) is 46.3 Å². The van der Waals surface area contributed by atoms with Crippen molar-refractivity contribution in [1.29, 1.82) is 0 Å². The summed E-state index contributed by atoms with van der Waals surface area (Å²) in [5, 5.41) is 27.4. The van der Waals surface area contributed by atoms with E-state index < -0.39 is 17.9 Å². The molecule has 0 saturated heterocycles. The SMILES string of the molecule is CC1=C(C(=O)O)C(c2cccc3nonc23)C(C(=O)O)=C(C)N1C(C)C. The Balaban J connectivity index is 2.38. The lowest BCUT2D eigenvalue weighted by atomic mass is 9.79. The van der Waals surface area contributed by atoms with Gasteiger partial charge in [-0.05, 0) is 49.6 Å². The highest BCUT2D eigenvalue weighted by Gasteiger charge is 2.41. The number of fused-ring (bicyclic) bond motifs is 1. The molecule has 26 heavy (non-hydrogen) atoms. The zero-order chi connectivity index (χ0) is 19.2. The van der Waals surface area contributed by atoms with Gasteiger partial charge in [0.2, 0.25) is 0 Å². The number of allylic oxidation sites excluding steroid dienone is 2. The standard InChI is InChI=1S/C18H19N3O5/c1-8(2)21-9(3)13(17(22)23)15(14(10(21)4)18(24)25)11-6-5-7-12-16(11)20-26-19-12/h5-8,15H,1-4H3,(H,22,23)(H,24,25). The minimum absolute atomic E-state index is 0.0113. The third-order valence-corrected chi connectivity index (χ3v) is 4.69. The molecule has 2 heterocycles. The van der Waals surface area contributed by atoms with Crippen molar-refractivity contribution in [2.45, 2.75) is 39.7 Å². The molecule has 1 aliphatic heterocycles. The highest BCUT2D eigenvalue weighted by atomic mass is 16.6. The summed E-state index contributed by atoms with van der Waals surface area (Å²) in [4.78, 5) is 26.0. The molecule has 1 aliphatic rings. The van der Waals surface area contributed by atoms with Gasteiger partial charge in [-0.3, -0.25) is 0 Å². The van der Waals surface area contributed by atoms with Crippen molar-refractivity contribution in [3.8, 4) is 0 Å². The molecule has 3 rings (SSSR count). The third-order valence-electron chi connectivity index (χ3n) is 4.69. The lowest BCUT2D eigenvalue weighted by Gasteiger charge is -2.39. The second-order valence-electron chi connectivity index (χ2n) is 6.48. The first-order chi connectivity index (χ1) is 12.3. The number of nitrogens with zero attached hydrogens (tertiary/aromatic N) is 3. The summed E-state index contributed by atoms with van der Waals surface area (Å²) in [5.41, 5.74) is 2.28. The van der Waals surface area contributed by atoms with Crippen LogP contribution in [0.25, 0.3) is 11.0 Å². The Labute approximate surface area is 149 Å². The normalized spacial score (nSPS) is 16.1. The number of aromatic nitrogens is 2. The van der Waals surface area contributed by atoms with Gasteiger partial charge in [0.1, 0.15) is 11.0 Å². The van der Waals surface area contributed by atoms with Crippen molar-refractivity contribution < 1.29 is 24.4 Å². The van der Waals surface area contributed by atoms with E-state index in [-0.39, 0.29) is 17.2 Å². The lowest BCUT2D eigenvalue weighted by molar-refractivity contribution is -0.133. The van der Waals surface area contributed by atoms with Crippen LogP contribution in [0.15, 0.2) is 45.4 Å². The van der Waals surface area contributed by atoms with Gasteiger partial charge in [0.15, 0.2) is 0 Å². The molecule has 0 spiro atoms. The number of carbonyl (C=O) groups is 2. The zero-order valence-electron chi connectivity index (χ0n) is 14.8. The molecule has 0 saturated carbocycles. The molecule has 1 aromatic heterocycles. The number of carboxylic acid groups (broad SMARTS) is 2. The van der Waals surface area contributed by atoms with Gasteiger partial charge in [-0.25, -0.2) is 14.2 Å². The first kappa shape index (κ1) is 17.7. The Morgan fingerprint density at radius 1 is 1.08 bits per heavy atom. The van der Waals surface area contributed by atoms with Crippen LogP contribution < -0.4 is 0 Å². The predicted octanol–water partition coefficient (Wildman–Crippen LogP) is 2.75. The van der Waals surface area contributed by atoms with E-state index in [1.165, 1.54) is 0 Å². The molecule has 0 radical (unpaired) electrons. The monoisotopic (exact) mass is 357 g/mol. The molecule has 2 aromatic rings. The van der Waals surface area contributed by atoms with E-state index in [9.17, 15) is 19.8 Å². The van der Waals surface area contributed by atoms with Crippen molar-refractivity contribution in [2.75, 3.05) is 0 Å². The van der Waals surface area contributed by atoms with Gasteiger partial charge in [-0.15, -0.1) is 0 Å². The summed E-state index contributed by atoms with van der Waals surface area (Å²) in [5.74, 6) is -3.31. The molecular weight excluding hydrogens is 338 g/mol. The molecule has 1 aromatic carbocycles. The smallest absolute Gasteiger partial charge is 0.334 e. The molecule has 0 fully saturated rings. The Kier molecular flexibility index (Phi) is 4.27. The number of carboxylic acids is 2. The first-order valence-electron chi connectivity index (χ1n) is 8.14. The van der Waals surface area contributed by atoms with Crippen LogP contribution in [-0.4, -0.2) is 43.4 Å². The third kappa shape index (κ3) is 2.54. The van der Waals surface area contributed by atoms with Gasteiger partial charge in [0, 0.05) is 17.4 Å². The Bertz CT molecular complexity index is 932. The van der Waals surface area contributed by atoms with E-state index in [1.807, 2.05) is 13.8 Å². The molecule has 0 unspecified atom stereocenters. The highest BCUT2D eigenvalue weighted by molar-refractivity contribution is 6.00. The van der Waals surface area contributed by atoms with Crippen molar-refractivity contribution in [1.82, 2.24) is 15.2 Å². The van der Waals surface area contributed by atoms with Gasteiger partial charge < -0.3 is 15.1 Å². The van der Waals surface area contributed by atoms with Crippen LogP contribution >= 0.6 is 0 Å². The van der Waals surface area contributed by atoms with Gasteiger partial charge in [0.05, 0.1) is 17.1 Å². The fraction of sp³-hybridized carbons (Fsp3) is 0.333. The molecule has 0 aliphatic carbocycles. The molecule has 136 valence electrons. The Morgan fingerprint density at radius 2 is 1.65 bits per heavy atom. The van der Waals surface area contributed by atoms with Crippen molar-refractivity contribution >= 4 is 23.0 Å². The van der Waals surface area contributed by atoms with Crippen LogP contribution in [0.2, 0.25) is 0 Å². The number of hydrogen-bond donors (Lipinski definition) is 2.